The Hall–Kier alpha value is -0.860. The lowest BCUT2D eigenvalue weighted by Gasteiger charge is -2.30. The first-order valence-electron chi connectivity index (χ1n) is 8.00. The van der Waals surface area contributed by atoms with Crippen LogP contribution in [-0.4, -0.2) is 18.8 Å². The van der Waals surface area contributed by atoms with Gasteiger partial charge in [-0.05, 0) is 45.2 Å². The lowest BCUT2D eigenvalue weighted by Crippen LogP contribution is -2.35. The molecule has 0 aromatic heterocycles. The molecule has 2 nitrogen and oxygen atoms in total. The Balaban J connectivity index is 2.27. The highest BCUT2D eigenvalue weighted by molar-refractivity contribution is 5.26. The van der Waals surface area contributed by atoms with E-state index in [9.17, 15) is 0 Å². The van der Waals surface area contributed by atoms with Crippen LogP contribution in [0.25, 0.3) is 0 Å². The second-order valence-corrected chi connectivity index (χ2v) is 6.33. The summed E-state index contributed by atoms with van der Waals surface area (Å²) >= 11 is 0. The van der Waals surface area contributed by atoms with Gasteiger partial charge < -0.3 is 10.1 Å². The van der Waals surface area contributed by atoms with Crippen molar-refractivity contribution in [3.63, 3.8) is 0 Å². The van der Waals surface area contributed by atoms with Gasteiger partial charge >= 0.3 is 0 Å². The molecular formula is C18H29NO. The molecule has 1 aliphatic rings. The average Bonchev–Trinajstić information content (AvgIpc) is 2.66. The molecule has 1 aromatic carbocycles. The third-order valence-corrected chi connectivity index (χ3v) is 4.72. The van der Waals surface area contributed by atoms with Crippen molar-refractivity contribution >= 4 is 0 Å². The van der Waals surface area contributed by atoms with Gasteiger partial charge in [0.2, 0.25) is 0 Å². The fourth-order valence-corrected chi connectivity index (χ4v) is 3.51. The summed E-state index contributed by atoms with van der Waals surface area (Å²) in [5.41, 5.74) is 2.73. The fourth-order valence-electron chi connectivity index (χ4n) is 3.51. The van der Waals surface area contributed by atoms with E-state index in [1.165, 1.54) is 11.1 Å². The molecule has 1 aromatic rings. The summed E-state index contributed by atoms with van der Waals surface area (Å²) in [4.78, 5) is 0. The minimum absolute atomic E-state index is 0.315. The number of aryl methyl sites for hydroxylation is 1. The van der Waals surface area contributed by atoms with E-state index < -0.39 is 0 Å². The zero-order chi connectivity index (χ0) is 14.7. The summed E-state index contributed by atoms with van der Waals surface area (Å²) in [6.45, 7) is 12.2. The van der Waals surface area contributed by atoms with E-state index in [2.05, 4.69) is 64.2 Å². The van der Waals surface area contributed by atoms with Gasteiger partial charge in [-0.2, -0.15) is 0 Å². The summed E-state index contributed by atoms with van der Waals surface area (Å²) in [6.07, 6.45) is 1.83. The van der Waals surface area contributed by atoms with E-state index in [4.69, 9.17) is 4.74 Å². The molecule has 1 saturated heterocycles. The average molecular weight is 275 g/mol. The number of ether oxygens (including phenoxy) is 1. The monoisotopic (exact) mass is 275 g/mol. The predicted molar refractivity (Wildman–Crippen MR) is 84.9 cm³/mol. The van der Waals surface area contributed by atoms with Gasteiger partial charge in [0.25, 0.3) is 0 Å². The van der Waals surface area contributed by atoms with Crippen molar-refractivity contribution in [2.45, 2.75) is 59.3 Å². The van der Waals surface area contributed by atoms with Gasteiger partial charge in [0.15, 0.2) is 0 Å². The molecule has 0 aliphatic carbocycles. The zero-order valence-corrected chi connectivity index (χ0v) is 13.5. The van der Waals surface area contributed by atoms with E-state index in [1.54, 1.807) is 0 Å². The van der Waals surface area contributed by atoms with Crippen LogP contribution in [0.2, 0.25) is 0 Å². The first-order chi connectivity index (χ1) is 9.54. The highest BCUT2D eigenvalue weighted by Gasteiger charge is 2.41. The SMILES string of the molecule is CCCNC(c1cccc(C)c1)C1C(C)OC(C)C1C. The van der Waals surface area contributed by atoms with E-state index in [0.29, 0.717) is 30.1 Å². The highest BCUT2D eigenvalue weighted by atomic mass is 16.5. The molecule has 0 amide bonds. The number of hydrogen-bond donors (Lipinski definition) is 1. The van der Waals surface area contributed by atoms with Gasteiger partial charge in [-0.15, -0.1) is 0 Å². The molecule has 2 heteroatoms. The van der Waals surface area contributed by atoms with E-state index in [-0.39, 0.29) is 0 Å². The molecule has 5 atom stereocenters. The van der Waals surface area contributed by atoms with Crippen molar-refractivity contribution in [3.8, 4) is 0 Å². The van der Waals surface area contributed by atoms with Crippen LogP contribution in [0.4, 0.5) is 0 Å². The first kappa shape index (κ1) is 15.5. The van der Waals surface area contributed by atoms with Crippen molar-refractivity contribution in [2.75, 3.05) is 6.54 Å². The second kappa shape index (κ2) is 6.73. The molecule has 1 heterocycles. The van der Waals surface area contributed by atoms with Gasteiger partial charge in [0.05, 0.1) is 12.2 Å². The maximum absolute atomic E-state index is 6.06. The summed E-state index contributed by atoms with van der Waals surface area (Å²) in [7, 11) is 0. The Kier molecular flexibility index (Phi) is 5.22. The van der Waals surface area contributed by atoms with Crippen LogP contribution >= 0.6 is 0 Å². The molecule has 112 valence electrons. The molecule has 0 saturated carbocycles. The van der Waals surface area contributed by atoms with Crippen LogP contribution in [0.15, 0.2) is 24.3 Å². The van der Waals surface area contributed by atoms with Gasteiger partial charge in [-0.1, -0.05) is 43.7 Å². The molecule has 2 rings (SSSR count). The minimum Gasteiger partial charge on any atom is -0.375 e. The summed E-state index contributed by atoms with van der Waals surface area (Å²) < 4.78 is 6.06. The number of nitrogens with one attached hydrogen (secondary N) is 1. The Bertz CT molecular complexity index is 431. The maximum Gasteiger partial charge on any atom is 0.0600 e. The van der Waals surface area contributed by atoms with E-state index >= 15 is 0 Å². The minimum atomic E-state index is 0.315. The molecule has 0 bridgehead atoms. The summed E-state index contributed by atoms with van der Waals surface area (Å²) in [5.74, 6) is 1.12. The maximum atomic E-state index is 6.06. The molecular weight excluding hydrogens is 246 g/mol. The van der Waals surface area contributed by atoms with Crippen molar-refractivity contribution in [1.29, 1.82) is 0 Å². The van der Waals surface area contributed by atoms with Gasteiger partial charge in [-0.25, -0.2) is 0 Å². The fraction of sp³-hybridized carbons (Fsp3) is 0.667. The normalized spacial score (nSPS) is 31.4. The third-order valence-electron chi connectivity index (χ3n) is 4.72. The van der Waals surface area contributed by atoms with Crippen LogP contribution in [0.1, 0.15) is 51.3 Å². The molecule has 1 fully saturated rings. The molecule has 0 spiro atoms. The Morgan fingerprint density at radius 1 is 1.20 bits per heavy atom. The lowest BCUT2D eigenvalue weighted by atomic mass is 9.80. The van der Waals surface area contributed by atoms with Crippen LogP contribution in [0.3, 0.4) is 0 Å². The highest BCUT2D eigenvalue weighted by Crippen LogP contribution is 2.40. The van der Waals surface area contributed by atoms with Crippen molar-refractivity contribution in [3.05, 3.63) is 35.4 Å². The van der Waals surface area contributed by atoms with Crippen LogP contribution in [0, 0.1) is 18.8 Å². The molecule has 1 aliphatic heterocycles. The number of rotatable bonds is 5. The second-order valence-electron chi connectivity index (χ2n) is 6.33. The van der Waals surface area contributed by atoms with Gasteiger partial charge in [-0.3, -0.25) is 0 Å². The van der Waals surface area contributed by atoms with E-state index in [1.807, 2.05) is 0 Å². The Morgan fingerprint density at radius 2 is 1.95 bits per heavy atom. The lowest BCUT2D eigenvalue weighted by molar-refractivity contribution is 0.0475. The first-order valence-corrected chi connectivity index (χ1v) is 8.00. The molecule has 0 radical (unpaired) electrons. The van der Waals surface area contributed by atoms with Crippen LogP contribution in [-0.2, 0) is 4.74 Å². The Morgan fingerprint density at radius 3 is 2.50 bits per heavy atom. The number of benzene rings is 1. The topological polar surface area (TPSA) is 21.3 Å². The van der Waals surface area contributed by atoms with Crippen molar-refractivity contribution in [2.24, 2.45) is 11.8 Å². The zero-order valence-electron chi connectivity index (χ0n) is 13.5. The molecule has 20 heavy (non-hydrogen) atoms. The summed E-state index contributed by atoms with van der Waals surface area (Å²) in [5, 5.41) is 3.76. The predicted octanol–water partition coefficient (Wildman–Crippen LogP) is 4.10. The van der Waals surface area contributed by atoms with E-state index in [0.717, 1.165) is 13.0 Å². The molecule has 5 unspecified atom stereocenters. The van der Waals surface area contributed by atoms with Crippen LogP contribution in [0.5, 0.6) is 0 Å². The van der Waals surface area contributed by atoms with Crippen LogP contribution < -0.4 is 5.32 Å². The quantitative estimate of drug-likeness (QED) is 0.873. The number of hydrogen-bond acceptors (Lipinski definition) is 2. The largest absolute Gasteiger partial charge is 0.375 e. The van der Waals surface area contributed by atoms with Gasteiger partial charge in [0.1, 0.15) is 0 Å². The third kappa shape index (κ3) is 3.24. The van der Waals surface area contributed by atoms with Crippen molar-refractivity contribution in [1.82, 2.24) is 5.32 Å². The Labute approximate surface area is 123 Å². The van der Waals surface area contributed by atoms with Crippen molar-refractivity contribution < 1.29 is 4.74 Å². The van der Waals surface area contributed by atoms with Gasteiger partial charge in [0, 0.05) is 12.0 Å². The smallest absolute Gasteiger partial charge is 0.0600 e. The standard InChI is InChI=1S/C18H29NO/c1-6-10-19-18(16-9-7-8-12(2)11-16)17-13(3)14(4)20-15(17)5/h7-9,11,13-15,17-19H,6,10H2,1-5H3. The summed E-state index contributed by atoms with van der Waals surface area (Å²) in [6, 6.07) is 9.30. The molecule has 1 N–H and O–H groups in total.